The Hall–Kier alpha value is -2.08. The monoisotopic (exact) mass is 362 g/mol. The lowest BCUT2D eigenvalue weighted by molar-refractivity contribution is -0.692. The molecule has 0 aromatic heterocycles. The molecule has 1 saturated heterocycles. The quantitative estimate of drug-likeness (QED) is 0.775. The van der Waals surface area contributed by atoms with Gasteiger partial charge in [-0.2, -0.15) is 0 Å². The molecule has 0 bridgehead atoms. The Kier molecular flexibility index (Phi) is 7.91. The average Bonchev–Trinajstić information content (AvgIpc) is 2.63. The molecule has 0 aliphatic carbocycles. The minimum atomic E-state index is -0.256. The van der Waals surface area contributed by atoms with Gasteiger partial charge in [0.1, 0.15) is 6.04 Å². The van der Waals surface area contributed by atoms with E-state index in [9.17, 15) is 9.59 Å². The second-order valence-corrected chi connectivity index (χ2v) is 7.15. The lowest BCUT2D eigenvalue weighted by Gasteiger charge is -2.31. The van der Waals surface area contributed by atoms with Gasteiger partial charge in [0.25, 0.3) is 5.91 Å². The van der Waals surface area contributed by atoms with E-state index in [1.54, 1.807) is 11.8 Å². The molecule has 6 heteroatoms. The Labute approximate surface area is 156 Å². The lowest BCUT2D eigenvalue weighted by atomic mass is 9.96. The van der Waals surface area contributed by atoms with Gasteiger partial charge >= 0.3 is 6.09 Å². The summed E-state index contributed by atoms with van der Waals surface area (Å²) in [5.41, 5.74) is 1.25. The number of ether oxygens (including phenoxy) is 1. The van der Waals surface area contributed by atoms with Crippen molar-refractivity contribution in [3.05, 3.63) is 35.9 Å². The van der Waals surface area contributed by atoms with Gasteiger partial charge in [0.05, 0.1) is 6.61 Å². The second kappa shape index (κ2) is 10.2. The van der Waals surface area contributed by atoms with E-state index in [4.69, 9.17) is 4.74 Å². The van der Waals surface area contributed by atoms with E-state index in [1.807, 2.05) is 18.2 Å². The first-order chi connectivity index (χ1) is 12.5. The predicted molar refractivity (Wildman–Crippen MR) is 101 cm³/mol. The summed E-state index contributed by atoms with van der Waals surface area (Å²) in [6.07, 6.45) is 1.29. The van der Waals surface area contributed by atoms with Gasteiger partial charge in [-0.1, -0.05) is 44.2 Å². The fourth-order valence-electron chi connectivity index (χ4n) is 3.41. The average molecular weight is 362 g/mol. The van der Waals surface area contributed by atoms with Crippen LogP contribution in [0.5, 0.6) is 0 Å². The van der Waals surface area contributed by atoms with Crippen molar-refractivity contribution in [2.45, 2.75) is 45.7 Å². The number of nitrogens with one attached hydrogen (secondary N) is 1. The van der Waals surface area contributed by atoms with Gasteiger partial charge in [0.15, 0.2) is 6.54 Å². The Morgan fingerprint density at radius 3 is 2.46 bits per heavy atom. The molecule has 0 radical (unpaired) electrons. The van der Waals surface area contributed by atoms with Crippen molar-refractivity contribution >= 4 is 12.0 Å². The highest BCUT2D eigenvalue weighted by Crippen LogP contribution is 2.16. The summed E-state index contributed by atoms with van der Waals surface area (Å²) in [6, 6.07) is 10.7. The molecule has 0 unspecified atom stereocenters. The van der Waals surface area contributed by atoms with Crippen molar-refractivity contribution in [2.24, 2.45) is 5.92 Å². The fraction of sp³-hybridized carbons (Fsp3) is 0.600. The van der Waals surface area contributed by atoms with Crippen LogP contribution in [0.2, 0.25) is 0 Å². The van der Waals surface area contributed by atoms with E-state index in [1.165, 1.54) is 5.56 Å². The van der Waals surface area contributed by atoms with Gasteiger partial charge in [0, 0.05) is 30.6 Å². The van der Waals surface area contributed by atoms with Crippen LogP contribution >= 0.6 is 0 Å². The Morgan fingerprint density at radius 2 is 1.88 bits per heavy atom. The van der Waals surface area contributed by atoms with Crippen LogP contribution < -0.4 is 10.6 Å². The van der Waals surface area contributed by atoms with Crippen LogP contribution in [-0.4, -0.2) is 49.2 Å². The Morgan fingerprint density at radius 1 is 1.23 bits per heavy atom. The molecule has 0 spiro atoms. The number of benzene rings is 1. The van der Waals surface area contributed by atoms with Crippen LogP contribution in [0, 0.1) is 5.92 Å². The van der Waals surface area contributed by atoms with E-state index >= 15 is 0 Å². The van der Waals surface area contributed by atoms with Crippen molar-refractivity contribution < 1.29 is 19.6 Å². The maximum Gasteiger partial charge on any atom is 0.409 e. The van der Waals surface area contributed by atoms with E-state index < -0.39 is 0 Å². The number of hydrogen-bond acceptors (Lipinski definition) is 3. The number of nitrogens with zero attached hydrogens (tertiary/aromatic N) is 1. The van der Waals surface area contributed by atoms with Crippen molar-refractivity contribution in [3.8, 4) is 0 Å². The summed E-state index contributed by atoms with van der Waals surface area (Å²) in [6.45, 7) is 8.23. The number of likely N-dealkylation sites (tertiary alicyclic amines) is 1. The molecule has 1 aromatic rings. The topological polar surface area (TPSA) is 75.2 Å². The van der Waals surface area contributed by atoms with Crippen LogP contribution in [0.1, 0.15) is 45.2 Å². The van der Waals surface area contributed by atoms with E-state index in [2.05, 4.69) is 36.6 Å². The van der Waals surface area contributed by atoms with Crippen LogP contribution in [0.4, 0.5) is 4.79 Å². The first kappa shape index (κ1) is 20.2. The summed E-state index contributed by atoms with van der Waals surface area (Å²) in [7, 11) is 0. The molecule has 26 heavy (non-hydrogen) atoms. The number of carbonyl (C=O) groups is 2. The SMILES string of the molecule is CCOC(=O)N1CCC(NC(=O)C[NH2+][C@@H](c2ccccc2)C(C)C)CC1. The van der Waals surface area contributed by atoms with Crippen LogP contribution in [0.25, 0.3) is 0 Å². The van der Waals surface area contributed by atoms with E-state index in [0.29, 0.717) is 32.2 Å². The Bertz CT molecular complexity index is 569. The van der Waals surface area contributed by atoms with Crippen molar-refractivity contribution in [1.29, 1.82) is 0 Å². The molecular weight excluding hydrogens is 330 g/mol. The molecular formula is C20H32N3O3+. The molecule has 1 aliphatic heterocycles. The molecule has 1 heterocycles. The third-order valence-corrected chi connectivity index (χ3v) is 4.85. The molecule has 0 saturated carbocycles. The van der Waals surface area contributed by atoms with Crippen LogP contribution in [0.15, 0.2) is 30.3 Å². The smallest absolute Gasteiger partial charge is 0.409 e. The first-order valence-corrected chi connectivity index (χ1v) is 9.60. The van der Waals surface area contributed by atoms with Gasteiger partial charge < -0.3 is 20.3 Å². The van der Waals surface area contributed by atoms with Crippen molar-refractivity contribution in [1.82, 2.24) is 10.2 Å². The first-order valence-electron chi connectivity index (χ1n) is 9.60. The standard InChI is InChI=1S/C20H31N3O3/c1-4-26-20(25)23-12-10-17(11-13-23)22-18(24)14-21-19(15(2)3)16-8-6-5-7-9-16/h5-9,15,17,19,21H,4,10-14H2,1-3H3,(H,22,24)/p+1/t19-/m1/s1. The number of quaternary nitrogens is 1. The summed E-state index contributed by atoms with van der Waals surface area (Å²) in [5, 5.41) is 5.22. The van der Waals surface area contributed by atoms with Gasteiger partial charge in [-0.25, -0.2) is 4.79 Å². The summed E-state index contributed by atoms with van der Waals surface area (Å²) in [4.78, 5) is 25.8. The zero-order valence-corrected chi connectivity index (χ0v) is 16.1. The maximum absolute atomic E-state index is 12.3. The third-order valence-electron chi connectivity index (χ3n) is 4.85. The Balaban J connectivity index is 1.76. The minimum Gasteiger partial charge on any atom is -0.450 e. The van der Waals surface area contributed by atoms with Gasteiger partial charge in [-0.05, 0) is 19.8 Å². The molecule has 1 fully saturated rings. The molecule has 2 amide bonds. The summed E-state index contributed by atoms with van der Waals surface area (Å²) < 4.78 is 5.02. The van der Waals surface area contributed by atoms with Crippen LogP contribution in [0.3, 0.4) is 0 Å². The maximum atomic E-state index is 12.3. The number of rotatable bonds is 7. The van der Waals surface area contributed by atoms with Gasteiger partial charge in [0.2, 0.25) is 0 Å². The third kappa shape index (κ3) is 6.02. The minimum absolute atomic E-state index is 0.0566. The highest BCUT2D eigenvalue weighted by Gasteiger charge is 2.26. The molecule has 1 atom stereocenters. The second-order valence-electron chi connectivity index (χ2n) is 7.15. The zero-order chi connectivity index (χ0) is 18.9. The number of nitrogens with two attached hydrogens (primary N) is 1. The normalized spacial score (nSPS) is 16.4. The highest BCUT2D eigenvalue weighted by atomic mass is 16.6. The van der Waals surface area contributed by atoms with E-state index in [0.717, 1.165) is 12.8 Å². The summed E-state index contributed by atoms with van der Waals surface area (Å²) in [5.74, 6) is 0.499. The van der Waals surface area contributed by atoms with Gasteiger partial charge in [-0.15, -0.1) is 0 Å². The molecule has 144 valence electrons. The number of piperidine rings is 1. The van der Waals surface area contributed by atoms with Crippen LogP contribution in [-0.2, 0) is 9.53 Å². The fourth-order valence-corrected chi connectivity index (χ4v) is 3.41. The largest absolute Gasteiger partial charge is 0.450 e. The summed E-state index contributed by atoms with van der Waals surface area (Å²) >= 11 is 0. The molecule has 2 rings (SSSR count). The lowest BCUT2D eigenvalue weighted by Crippen LogP contribution is -2.88. The molecule has 6 nitrogen and oxygen atoms in total. The zero-order valence-electron chi connectivity index (χ0n) is 16.1. The molecule has 1 aromatic carbocycles. The number of hydrogen-bond donors (Lipinski definition) is 2. The molecule has 1 aliphatic rings. The highest BCUT2D eigenvalue weighted by molar-refractivity contribution is 5.77. The van der Waals surface area contributed by atoms with E-state index in [-0.39, 0.29) is 24.1 Å². The van der Waals surface area contributed by atoms with Gasteiger partial charge in [-0.3, -0.25) is 4.79 Å². The van der Waals surface area contributed by atoms with Crippen molar-refractivity contribution in [3.63, 3.8) is 0 Å². The van der Waals surface area contributed by atoms with Crippen molar-refractivity contribution in [2.75, 3.05) is 26.2 Å². The number of amides is 2. The predicted octanol–water partition coefficient (Wildman–Crippen LogP) is 1.68. The number of carbonyl (C=O) groups excluding carboxylic acids is 2. The molecule has 3 N–H and O–H groups in total.